The topological polar surface area (TPSA) is 13.1 Å². The second-order valence-electron chi connectivity index (χ2n) is 2.77. The number of rotatable bonds is 0. The van der Waals surface area contributed by atoms with E-state index in [1.165, 1.54) is 12.1 Å². The van der Waals surface area contributed by atoms with Crippen LogP contribution in [0.25, 0.3) is 11.0 Å². The van der Waals surface area contributed by atoms with Crippen molar-refractivity contribution in [1.29, 1.82) is 0 Å². The summed E-state index contributed by atoms with van der Waals surface area (Å²) in [7, 11) is 0. The average Bonchev–Trinajstić information content (AvgIpc) is 2.41. The smallest absolute Gasteiger partial charge is 0.417 e. The number of alkyl halides is 3. The van der Waals surface area contributed by atoms with Crippen molar-refractivity contribution in [2.24, 2.45) is 0 Å². The molecule has 0 spiro atoms. The predicted molar refractivity (Wildman–Crippen MR) is 41.2 cm³/mol. The second kappa shape index (κ2) is 2.73. The van der Waals surface area contributed by atoms with Gasteiger partial charge in [0, 0.05) is 11.5 Å². The van der Waals surface area contributed by atoms with Crippen LogP contribution >= 0.6 is 0 Å². The van der Waals surface area contributed by atoms with E-state index in [1.807, 2.05) is 0 Å². The highest BCUT2D eigenvalue weighted by Gasteiger charge is 2.33. The SMILES string of the molecule is Fc1cc2c(C(F)(F)F)cccc2o1. The highest BCUT2D eigenvalue weighted by atomic mass is 19.4. The van der Waals surface area contributed by atoms with Gasteiger partial charge in [-0.25, -0.2) is 0 Å². The minimum absolute atomic E-state index is 0.0997. The summed E-state index contributed by atoms with van der Waals surface area (Å²) in [6, 6.07) is 3.06. The molecule has 0 aliphatic heterocycles. The molecule has 1 aromatic heterocycles. The molecule has 5 heteroatoms. The average molecular weight is 204 g/mol. The van der Waals surface area contributed by atoms with E-state index in [4.69, 9.17) is 0 Å². The van der Waals surface area contributed by atoms with E-state index in [0.29, 0.717) is 0 Å². The largest absolute Gasteiger partial charge is 0.431 e. The maximum atomic E-state index is 12.6. The summed E-state index contributed by atoms with van der Waals surface area (Å²) in [5, 5.41) is -0.252. The van der Waals surface area contributed by atoms with Crippen molar-refractivity contribution in [1.82, 2.24) is 0 Å². The van der Waals surface area contributed by atoms with Crippen molar-refractivity contribution in [3.05, 3.63) is 35.8 Å². The molecule has 0 atom stereocenters. The predicted octanol–water partition coefficient (Wildman–Crippen LogP) is 3.59. The molecule has 2 rings (SSSR count). The van der Waals surface area contributed by atoms with Gasteiger partial charge in [0.05, 0.1) is 5.56 Å². The van der Waals surface area contributed by atoms with Crippen LogP contribution in [0, 0.1) is 6.01 Å². The quantitative estimate of drug-likeness (QED) is 0.597. The molecule has 1 nitrogen and oxygen atoms in total. The molecule has 0 unspecified atom stereocenters. The number of benzene rings is 1. The number of hydrogen-bond donors (Lipinski definition) is 0. The standard InChI is InChI=1S/C9H4F4O/c10-8-4-5-6(9(11,12)13)2-1-3-7(5)14-8/h1-4H. The number of fused-ring (bicyclic) bond motifs is 1. The molecule has 0 N–H and O–H groups in total. The van der Waals surface area contributed by atoms with Crippen molar-refractivity contribution < 1.29 is 22.0 Å². The maximum Gasteiger partial charge on any atom is 0.417 e. The fourth-order valence-corrected chi connectivity index (χ4v) is 1.28. The van der Waals surface area contributed by atoms with Crippen LogP contribution in [0.15, 0.2) is 28.7 Å². The molecule has 74 valence electrons. The Kier molecular flexibility index (Phi) is 1.77. The van der Waals surface area contributed by atoms with Crippen LogP contribution in [0.4, 0.5) is 17.6 Å². The fourth-order valence-electron chi connectivity index (χ4n) is 1.28. The van der Waals surface area contributed by atoms with E-state index in [0.717, 1.165) is 12.1 Å². The summed E-state index contributed by atoms with van der Waals surface area (Å²) in [6.07, 6.45) is -4.49. The summed E-state index contributed by atoms with van der Waals surface area (Å²) < 4.78 is 54.1. The van der Waals surface area contributed by atoms with E-state index in [9.17, 15) is 17.6 Å². The zero-order valence-corrected chi connectivity index (χ0v) is 6.73. The van der Waals surface area contributed by atoms with Gasteiger partial charge in [-0.05, 0) is 12.1 Å². The normalized spacial score (nSPS) is 12.3. The van der Waals surface area contributed by atoms with Gasteiger partial charge in [-0.1, -0.05) is 6.07 Å². The molecule has 0 bridgehead atoms. The van der Waals surface area contributed by atoms with Crippen molar-refractivity contribution in [3.63, 3.8) is 0 Å². The Morgan fingerprint density at radius 3 is 2.50 bits per heavy atom. The van der Waals surface area contributed by atoms with Gasteiger partial charge in [-0.15, -0.1) is 0 Å². The monoisotopic (exact) mass is 204 g/mol. The third kappa shape index (κ3) is 1.34. The number of furan rings is 1. The summed E-state index contributed by atoms with van der Waals surface area (Å²) in [4.78, 5) is 0. The van der Waals surface area contributed by atoms with Crippen LogP contribution < -0.4 is 0 Å². The second-order valence-corrected chi connectivity index (χ2v) is 2.77. The van der Waals surface area contributed by atoms with Gasteiger partial charge in [-0.2, -0.15) is 17.6 Å². The van der Waals surface area contributed by atoms with Gasteiger partial charge >= 0.3 is 6.18 Å². The van der Waals surface area contributed by atoms with Crippen molar-refractivity contribution in [2.75, 3.05) is 0 Å². The van der Waals surface area contributed by atoms with Crippen LogP contribution in [0.3, 0.4) is 0 Å². The molecule has 0 aliphatic rings. The Morgan fingerprint density at radius 2 is 1.86 bits per heavy atom. The van der Waals surface area contributed by atoms with Gasteiger partial charge in [0.2, 0.25) is 0 Å². The van der Waals surface area contributed by atoms with E-state index in [-0.39, 0.29) is 11.0 Å². The molecule has 0 radical (unpaired) electrons. The Morgan fingerprint density at radius 1 is 1.14 bits per heavy atom. The van der Waals surface area contributed by atoms with Crippen LogP contribution in [0.1, 0.15) is 5.56 Å². The lowest BCUT2D eigenvalue weighted by Gasteiger charge is -2.06. The molecule has 0 saturated carbocycles. The molecule has 14 heavy (non-hydrogen) atoms. The van der Waals surface area contributed by atoms with E-state index in [2.05, 4.69) is 4.42 Å². The van der Waals surface area contributed by atoms with Gasteiger partial charge < -0.3 is 4.42 Å². The third-order valence-corrected chi connectivity index (χ3v) is 1.84. The lowest BCUT2D eigenvalue weighted by molar-refractivity contribution is -0.136. The Bertz CT molecular complexity index is 469. The van der Waals surface area contributed by atoms with Crippen LogP contribution in [-0.4, -0.2) is 0 Å². The minimum Gasteiger partial charge on any atom is -0.431 e. The summed E-state index contributed by atoms with van der Waals surface area (Å²) in [5.74, 6) is 0. The number of hydrogen-bond acceptors (Lipinski definition) is 1. The molecule has 0 saturated heterocycles. The number of halogens is 4. The lowest BCUT2D eigenvalue weighted by atomic mass is 10.1. The molecular formula is C9H4F4O. The molecule has 1 aromatic carbocycles. The first-order chi connectivity index (χ1) is 6.48. The van der Waals surface area contributed by atoms with Crippen molar-refractivity contribution in [2.45, 2.75) is 6.18 Å². The molecule has 1 heterocycles. The summed E-state index contributed by atoms with van der Waals surface area (Å²) >= 11 is 0. The fraction of sp³-hybridized carbons (Fsp3) is 0.111. The van der Waals surface area contributed by atoms with Crippen molar-refractivity contribution >= 4 is 11.0 Å². The van der Waals surface area contributed by atoms with Crippen molar-refractivity contribution in [3.8, 4) is 0 Å². The third-order valence-electron chi connectivity index (χ3n) is 1.84. The molecule has 0 amide bonds. The zero-order chi connectivity index (χ0) is 10.3. The van der Waals surface area contributed by atoms with Crippen LogP contribution in [0.5, 0.6) is 0 Å². The first-order valence-corrected chi connectivity index (χ1v) is 3.74. The highest BCUT2D eigenvalue weighted by Crippen LogP contribution is 2.35. The molecular weight excluding hydrogens is 200 g/mol. The highest BCUT2D eigenvalue weighted by molar-refractivity contribution is 5.81. The molecule has 0 aliphatic carbocycles. The first kappa shape index (κ1) is 9.05. The van der Waals surface area contributed by atoms with Crippen LogP contribution in [-0.2, 0) is 6.18 Å². The maximum absolute atomic E-state index is 12.6. The Labute approximate surface area is 75.9 Å². The van der Waals surface area contributed by atoms with Crippen LogP contribution in [0.2, 0.25) is 0 Å². The summed E-state index contributed by atoms with van der Waals surface area (Å²) in [5.41, 5.74) is -0.986. The minimum atomic E-state index is -4.49. The van der Waals surface area contributed by atoms with Gasteiger partial charge in [0.25, 0.3) is 6.01 Å². The van der Waals surface area contributed by atoms with E-state index in [1.54, 1.807) is 0 Å². The first-order valence-electron chi connectivity index (χ1n) is 3.74. The van der Waals surface area contributed by atoms with Gasteiger partial charge in [-0.3, -0.25) is 0 Å². The molecule has 0 fully saturated rings. The van der Waals surface area contributed by atoms with E-state index >= 15 is 0 Å². The Hall–Kier alpha value is -1.52. The van der Waals surface area contributed by atoms with Gasteiger partial charge in [0.1, 0.15) is 5.58 Å². The Balaban J connectivity index is 2.77. The molecule has 2 aromatic rings. The van der Waals surface area contributed by atoms with Gasteiger partial charge in [0.15, 0.2) is 0 Å². The zero-order valence-electron chi connectivity index (χ0n) is 6.73. The summed E-state index contributed by atoms with van der Waals surface area (Å²) in [6.45, 7) is 0. The lowest BCUT2D eigenvalue weighted by Crippen LogP contribution is -2.04. The van der Waals surface area contributed by atoms with E-state index < -0.39 is 17.8 Å².